The van der Waals surface area contributed by atoms with Crippen molar-refractivity contribution in [1.82, 2.24) is 19.7 Å². The fourth-order valence-electron chi connectivity index (χ4n) is 2.07. The summed E-state index contributed by atoms with van der Waals surface area (Å²) >= 11 is 1.61. The molecule has 3 aromatic heterocycles. The number of pyridine rings is 2. The summed E-state index contributed by atoms with van der Waals surface area (Å²) in [5.74, 6) is 0. The molecule has 0 aliphatic carbocycles. The highest BCUT2D eigenvalue weighted by Gasteiger charge is 2.13. The van der Waals surface area contributed by atoms with Gasteiger partial charge in [0.05, 0.1) is 5.69 Å². The molecule has 0 saturated carbocycles. The average Bonchev–Trinajstić information content (AvgIpc) is 2.83. The summed E-state index contributed by atoms with van der Waals surface area (Å²) in [6, 6.07) is 12.4. The van der Waals surface area contributed by atoms with Crippen LogP contribution in [0.1, 0.15) is 19.5 Å². The minimum Gasteiger partial charge on any atom is -0.309 e. The van der Waals surface area contributed by atoms with E-state index in [1.165, 1.54) is 5.69 Å². The molecule has 108 valence electrons. The molecule has 0 amide bonds. The zero-order chi connectivity index (χ0) is 14.7. The van der Waals surface area contributed by atoms with E-state index in [-0.39, 0.29) is 0 Å². The smallest absolute Gasteiger partial charge is 0.138 e. The van der Waals surface area contributed by atoms with Crippen molar-refractivity contribution >= 4 is 17.4 Å². The van der Waals surface area contributed by atoms with Crippen LogP contribution in [0, 0.1) is 0 Å². The van der Waals surface area contributed by atoms with Gasteiger partial charge in [0.2, 0.25) is 0 Å². The second-order valence-electron chi connectivity index (χ2n) is 5.10. The Hall–Kier alpha value is -1.85. The van der Waals surface area contributed by atoms with Gasteiger partial charge in [0, 0.05) is 25.0 Å². The second kappa shape index (κ2) is 6.28. The molecule has 0 aliphatic heterocycles. The highest BCUT2D eigenvalue weighted by molar-refractivity contribution is 7.99. The normalized spacial score (nSPS) is 11.4. The summed E-state index contributed by atoms with van der Waals surface area (Å²) in [5.41, 5.74) is 2.14. The maximum Gasteiger partial charge on any atom is 0.138 e. The first-order chi connectivity index (χ1) is 10.2. The first-order valence-electron chi connectivity index (χ1n) is 7.02. The molecule has 0 unspecified atom stereocenters. The van der Waals surface area contributed by atoms with E-state index in [2.05, 4.69) is 34.7 Å². The Morgan fingerprint density at radius 3 is 2.81 bits per heavy atom. The van der Waals surface area contributed by atoms with Crippen LogP contribution in [0.25, 0.3) is 5.65 Å². The molecule has 0 radical (unpaired) electrons. The number of fused-ring (bicyclic) bond motifs is 1. The van der Waals surface area contributed by atoms with E-state index in [1.54, 1.807) is 11.8 Å². The van der Waals surface area contributed by atoms with Crippen molar-refractivity contribution < 1.29 is 0 Å². The lowest BCUT2D eigenvalue weighted by atomic mass is 10.3. The first-order valence-corrected chi connectivity index (χ1v) is 7.84. The van der Waals surface area contributed by atoms with Crippen LogP contribution in [-0.4, -0.2) is 20.4 Å². The summed E-state index contributed by atoms with van der Waals surface area (Å²) in [7, 11) is 0. The third kappa shape index (κ3) is 3.25. The molecule has 0 spiro atoms. The van der Waals surface area contributed by atoms with Crippen molar-refractivity contribution in [3.05, 3.63) is 54.5 Å². The molecule has 0 aromatic carbocycles. The van der Waals surface area contributed by atoms with Gasteiger partial charge in [-0.2, -0.15) is 0 Å². The van der Waals surface area contributed by atoms with Crippen LogP contribution in [0.3, 0.4) is 0 Å². The second-order valence-corrected chi connectivity index (χ2v) is 6.11. The number of nitrogens with zero attached hydrogens (tertiary/aromatic N) is 3. The molecule has 5 heteroatoms. The summed E-state index contributed by atoms with van der Waals surface area (Å²) < 4.78 is 2.14. The Morgan fingerprint density at radius 1 is 1.19 bits per heavy atom. The van der Waals surface area contributed by atoms with Crippen LogP contribution in [0.15, 0.2) is 58.8 Å². The molecule has 0 atom stereocenters. The van der Waals surface area contributed by atoms with Gasteiger partial charge in [-0.05, 0) is 36.0 Å². The number of nitrogens with one attached hydrogen (secondary N) is 1. The molecular formula is C16H18N4S. The summed E-state index contributed by atoms with van der Waals surface area (Å²) in [4.78, 5) is 9.11. The summed E-state index contributed by atoms with van der Waals surface area (Å²) in [6.07, 6.45) is 3.87. The van der Waals surface area contributed by atoms with Gasteiger partial charge >= 0.3 is 0 Å². The van der Waals surface area contributed by atoms with Crippen molar-refractivity contribution in [3.63, 3.8) is 0 Å². The van der Waals surface area contributed by atoms with Crippen molar-refractivity contribution in [1.29, 1.82) is 0 Å². The molecule has 21 heavy (non-hydrogen) atoms. The molecule has 0 aliphatic rings. The minimum absolute atomic E-state index is 0.437. The summed E-state index contributed by atoms with van der Waals surface area (Å²) in [5, 5.41) is 5.44. The molecule has 0 saturated heterocycles. The Labute approximate surface area is 128 Å². The van der Waals surface area contributed by atoms with Gasteiger partial charge in [-0.3, -0.25) is 0 Å². The number of rotatable bonds is 5. The number of aromatic nitrogens is 3. The lowest BCUT2D eigenvalue weighted by Gasteiger charge is -2.09. The van der Waals surface area contributed by atoms with Gasteiger partial charge in [-0.15, -0.1) is 0 Å². The van der Waals surface area contributed by atoms with Crippen molar-refractivity contribution in [2.24, 2.45) is 0 Å². The third-order valence-electron chi connectivity index (χ3n) is 3.11. The largest absolute Gasteiger partial charge is 0.309 e. The van der Waals surface area contributed by atoms with E-state index in [9.17, 15) is 0 Å². The molecule has 3 aromatic rings. The van der Waals surface area contributed by atoms with Gasteiger partial charge in [0.15, 0.2) is 0 Å². The van der Waals surface area contributed by atoms with Gasteiger partial charge in [-0.1, -0.05) is 26.0 Å². The standard InChI is InChI=1S/C16H18N4S/c1-12(2)18-11-13-16(21-15-8-3-5-9-17-15)19-14-7-4-6-10-20(13)14/h3-10,12,18H,11H2,1-2H3. The molecule has 1 N–H and O–H groups in total. The maximum absolute atomic E-state index is 4.73. The van der Waals surface area contributed by atoms with E-state index in [0.717, 1.165) is 22.2 Å². The topological polar surface area (TPSA) is 42.2 Å². The van der Waals surface area contributed by atoms with Crippen LogP contribution in [-0.2, 0) is 6.54 Å². The van der Waals surface area contributed by atoms with Crippen molar-refractivity contribution in [3.8, 4) is 0 Å². The quantitative estimate of drug-likeness (QED) is 0.784. The average molecular weight is 298 g/mol. The van der Waals surface area contributed by atoms with Gasteiger partial charge in [0.1, 0.15) is 15.7 Å². The Balaban J connectivity index is 1.97. The Bertz CT molecular complexity index is 721. The highest BCUT2D eigenvalue weighted by Crippen LogP contribution is 2.29. The van der Waals surface area contributed by atoms with Crippen LogP contribution in [0.5, 0.6) is 0 Å². The highest BCUT2D eigenvalue weighted by atomic mass is 32.2. The predicted molar refractivity (Wildman–Crippen MR) is 85.5 cm³/mol. The van der Waals surface area contributed by atoms with Crippen molar-refractivity contribution in [2.45, 2.75) is 36.5 Å². The van der Waals surface area contributed by atoms with Crippen LogP contribution < -0.4 is 5.32 Å². The van der Waals surface area contributed by atoms with E-state index in [1.807, 2.05) is 42.6 Å². The van der Waals surface area contributed by atoms with Crippen LogP contribution in [0.2, 0.25) is 0 Å². The lowest BCUT2D eigenvalue weighted by Crippen LogP contribution is -2.23. The number of hydrogen-bond acceptors (Lipinski definition) is 4. The molecule has 3 rings (SSSR count). The zero-order valence-corrected chi connectivity index (χ0v) is 13.0. The number of hydrogen-bond donors (Lipinski definition) is 1. The van der Waals surface area contributed by atoms with E-state index >= 15 is 0 Å². The van der Waals surface area contributed by atoms with E-state index < -0.39 is 0 Å². The molecule has 0 bridgehead atoms. The molecule has 3 heterocycles. The van der Waals surface area contributed by atoms with Gasteiger partial charge in [-0.25, -0.2) is 9.97 Å². The fraction of sp³-hybridized carbons (Fsp3) is 0.250. The first kappa shape index (κ1) is 14.1. The van der Waals surface area contributed by atoms with Crippen LogP contribution >= 0.6 is 11.8 Å². The molecule has 4 nitrogen and oxygen atoms in total. The fourth-order valence-corrected chi connectivity index (χ4v) is 2.96. The lowest BCUT2D eigenvalue weighted by molar-refractivity contribution is 0.574. The van der Waals surface area contributed by atoms with Crippen molar-refractivity contribution in [2.75, 3.05) is 0 Å². The Kier molecular flexibility index (Phi) is 4.22. The molecule has 0 fully saturated rings. The SMILES string of the molecule is CC(C)NCc1c(Sc2ccccn2)nc2ccccn12. The zero-order valence-electron chi connectivity index (χ0n) is 12.2. The van der Waals surface area contributed by atoms with E-state index in [4.69, 9.17) is 4.98 Å². The summed E-state index contributed by atoms with van der Waals surface area (Å²) in [6.45, 7) is 5.08. The third-order valence-corrected chi connectivity index (χ3v) is 4.08. The monoisotopic (exact) mass is 298 g/mol. The van der Waals surface area contributed by atoms with E-state index in [0.29, 0.717) is 6.04 Å². The minimum atomic E-state index is 0.437. The van der Waals surface area contributed by atoms with Crippen LogP contribution in [0.4, 0.5) is 0 Å². The Morgan fingerprint density at radius 2 is 2.05 bits per heavy atom. The van der Waals surface area contributed by atoms with Gasteiger partial charge < -0.3 is 9.72 Å². The van der Waals surface area contributed by atoms with Gasteiger partial charge in [0.25, 0.3) is 0 Å². The number of imidazole rings is 1. The molecular weight excluding hydrogens is 280 g/mol. The predicted octanol–water partition coefficient (Wildman–Crippen LogP) is 3.38. The maximum atomic E-state index is 4.73.